The van der Waals surface area contributed by atoms with Gasteiger partial charge in [0.1, 0.15) is 0 Å². The number of piperidine rings is 1. The maximum absolute atomic E-state index is 12.6. The number of fused-ring (bicyclic) bond motifs is 1. The van der Waals surface area contributed by atoms with Gasteiger partial charge >= 0.3 is 5.97 Å². The molecule has 1 amide bonds. The maximum Gasteiger partial charge on any atom is 0.305 e. The first-order valence-corrected chi connectivity index (χ1v) is 7.94. The fourth-order valence-electron chi connectivity index (χ4n) is 3.54. The van der Waals surface area contributed by atoms with Crippen molar-refractivity contribution in [3.63, 3.8) is 0 Å². The second-order valence-electron chi connectivity index (χ2n) is 6.25. The van der Waals surface area contributed by atoms with Crippen molar-refractivity contribution in [3.8, 4) is 0 Å². The summed E-state index contributed by atoms with van der Waals surface area (Å²) in [5, 5.41) is 9.02. The fraction of sp³-hybridized carbons (Fsp3) is 0.529. The van der Waals surface area contributed by atoms with Crippen molar-refractivity contribution >= 4 is 11.9 Å². The van der Waals surface area contributed by atoms with Crippen molar-refractivity contribution in [1.82, 2.24) is 9.80 Å². The lowest BCUT2D eigenvalue weighted by Crippen LogP contribution is -2.48. The molecule has 0 aromatic heterocycles. The summed E-state index contributed by atoms with van der Waals surface area (Å²) in [4.78, 5) is 27.5. The Kier molecular flexibility index (Phi) is 4.43. The van der Waals surface area contributed by atoms with Gasteiger partial charge in [-0.15, -0.1) is 0 Å². The summed E-state index contributed by atoms with van der Waals surface area (Å²) in [6, 6.07) is 8.13. The Bertz CT molecular complexity index is 548. The summed E-state index contributed by atoms with van der Waals surface area (Å²) in [6.07, 6.45) is 2.85. The predicted octanol–water partition coefficient (Wildman–Crippen LogP) is 1.86. The lowest BCUT2D eigenvalue weighted by Gasteiger charge is -2.36. The first-order valence-electron chi connectivity index (χ1n) is 7.94. The van der Waals surface area contributed by atoms with Gasteiger partial charge in [-0.25, -0.2) is 0 Å². The van der Waals surface area contributed by atoms with Crippen molar-refractivity contribution in [2.75, 3.05) is 13.1 Å². The van der Waals surface area contributed by atoms with E-state index in [1.165, 1.54) is 11.1 Å². The smallest absolute Gasteiger partial charge is 0.305 e. The van der Waals surface area contributed by atoms with E-state index in [2.05, 4.69) is 17.0 Å². The Morgan fingerprint density at radius 3 is 2.45 bits per heavy atom. The Morgan fingerprint density at radius 1 is 1.14 bits per heavy atom. The molecule has 3 rings (SSSR count). The molecule has 2 aliphatic heterocycles. The lowest BCUT2D eigenvalue weighted by molar-refractivity contribution is -0.142. The molecule has 5 nitrogen and oxygen atoms in total. The van der Waals surface area contributed by atoms with Crippen LogP contribution in [0.1, 0.15) is 36.8 Å². The maximum atomic E-state index is 12.6. The molecule has 0 radical (unpaired) electrons. The quantitative estimate of drug-likeness (QED) is 0.922. The van der Waals surface area contributed by atoms with E-state index in [-0.39, 0.29) is 18.4 Å². The second kappa shape index (κ2) is 6.48. The Morgan fingerprint density at radius 2 is 1.82 bits per heavy atom. The van der Waals surface area contributed by atoms with Crippen LogP contribution in [0.5, 0.6) is 0 Å². The molecule has 1 aromatic rings. The van der Waals surface area contributed by atoms with Crippen molar-refractivity contribution < 1.29 is 14.7 Å². The van der Waals surface area contributed by atoms with Gasteiger partial charge in [0, 0.05) is 25.7 Å². The van der Waals surface area contributed by atoms with E-state index in [0.717, 1.165) is 32.4 Å². The minimum atomic E-state index is -0.821. The van der Waals surface area contributed by atoms with Crippen LogP contribution in [0.4, 0.5) is 0 Å². The van der Waals surface area contributed by atoms with E-state index in [4.69, 9.17) is 5.11 Å². The molecule has 1 N–H and O–H groups in total. The fourth-order valence-corrected chi connectivity index (χ4v) is 3.54. The molecule has 5 heteroatoms. The van der Waals surface area contributed by atoms with Gasteiger partial charge in [0.05, 0.1) is 13.0 Å². The third-order valence-corrected chi connectivity index (χ3v) is 4.62. The summed E-state index contributed by atoms with van der Waals surface area (Å²) in [6.45, 7) is 2.68. The standard InChI is InChI=1S/C17H22N2O3/c20-16(19-8-4-3-7-15(19)9-17(21)22)12-18-10-13-5-1-2-6-14(13)11-18/h1-2,5-6,15H,3-4,7-12H2,(H,21,22)/t15-/m1/s1. The summed E-state index contributed by atoms with van der Waals surface area (Å²) in [5.41, 5.74) is 2.58. The lowest BCUT2D eigenvalue weighted by atomic mass is 9.99. The molecule has 1 aromatic carbocycles. The second-order valence-corrected chi connectivity index (χ2v) is 6.25. The highest BCUT2D eigenvalue weighted by molar-refractivity contribution is 5.79. The third kappa shape index (κ3) is 3.30. The van der Waals surface area contributed by atoms with Gasteiger partial charge in [-0.05, 0) is 30.4 Å². The van der Waals surface area contributed by atoms with E-state index < -0.39 is 5.97 Å². The van der Waals surface area contributed by atoms with E-state index in [1.54, 1.807) is 4.90 Å². The van der Waals surface area contributed by atoms with Crippen LogP contribution in [0.3, 0.4) is 0 Å². The first-order chi connectivity index (χ1) is 10.6. The number of nitrogens with zero attached hydrogens (tertiary/aromatic N) is 2. The van der Waals surface area contributed by atoms with Crippen LogP contribution in [0.15, 0.2) is 24.3 Å². The molecule has 22 heavy (non-hydrogen) atoms. The summed E-state index contributed by atoms with van der Waals surface area (Å²) < 4.78 is 0. The highest BCUT2D eigenvalue weighted by Gasteiger charge is 2.30. The molecule has 0 bridgehead atoms. The number of hydrogen-bond acceptors (Lipinski definition) is 3. The van der Waals surface area contributed by atoms with Crippen molar-refractivity contribution in [2.45, 2.75) is 44.8 Å². The van der Waals surface area contributed by atoms with Gasteiger partial charge in [-0.3, -0.25) is 14.5 Å². The zero-order chi connectivity index (χ0) is 15.5. The molecule has 2 heterocycles. The van der Waals surface area contributed by atoms with Crippen molar-refractivity contribution in [2.24, 2.45) is 0 Å². The number of amides is 1. The number of rotatable bonds is 4. The monoisotopic (exact) mass is 302 g/mol. The minimum Gasteiger partial charge on any atom is -0.481 e. The number of benzene rings is 1. The number of carboxylic acid groups (broad SMARTS) is 1. The largest absolute Gasteiger partial charge is 0.481 e. The van der Waals surface area contributed by atoms with Gasteiger partial charge in [-0.1, -0.05) is 24.3 Å². The molecule has 1 saturated heterocycles. The number of likely N-dealkylation sites (tertiary alicyclic amines) is 1. The first kappa shape index (κ1) is 15.0. The van der Waals surface area contributed by atoms with Crippen LogP contribution in [0.2, 0.25) is 0 Å². The normalized spacial score (nSPS) is 21.6. The third-order valence-electron chi connectivity index (χ3n) is 4.62. The average molecular weight is 302 g/mol. The highest BCUT2D eigenvalue weighted by atomic mass is 16.4. The van der Waals surface area contributed by atoms with Gasteiger partial charge in [-0.2, -0.15) is 0 Å². The van der Waals surface area contributed by atoms with Gasteiger partial charge in [0.2, 0.25) is 5.91 Å². The van der Waals surface area contributed by atoms with Gasteiger partial charge in [0.15, 0.2) is 0 Å². The molecule has 0 saturated carbocycles. The molecule has 0 spiro atoms. The molecular weight excluding hydrogens is 280 g/mol. The van der Waals surface area contributed by atoms with E-state index in [9.17, 15) is 9.59 Å². The van der Waals surface area contributed by atoms with Gasteiger partial charge in [0.25, 0.3) is 0 Å². The molecule has 0 unspecified atom stereocenters. The summed E-state index contributed by atoms with van der Waals surface area (Å²) >= 11 is 0. The van der Waals surface area contributed by atoms with Crippen LogP contribution in [-0.4, -0.2) is 45.9 Å². The SMILES string of the molecule is O=C(O)C[C@H]1CCCCN1C(=O)CN1Cc2ccccc2C1. The topological polar surface area (TPSA) is 60.9 Å². The van der Waals surface area contributed by atoms with E-state index >= 15 is 0 Å². The van der Waals surface area contributed by atoms with Crippen molar-refractivity contribution in [1.29, 1.82) is 0 Å². The molecule has 1 fully saturated rings. The zero-order valence-corrected chi connectivity index (χ0v) is 12.7. The number of hydrogen-bond donors (Lipinski definition) is 1. The van der Waals surface area contributed by atoms with Crippen LogP contribution in [0.25, 0.3) is 0 Å². The minimum absolute atomic E-state index is 0.0615. The van der Waals surface area contributed by atoms with Crippen LogP contribution in [0, 0.1) is 0 Å². The summed E-state index contributed by atoms with van der Waals surface area (Å²) in [7, 11) is 0. The van der Waals surface area contributed by atoms with Crippen LogP contribution >= 0.6 is 0 Å². The molecule has 118 valence electrons. The van der Waals surface area contributed by atoms with Crippen LogP contribution < -0.4 is 0 Å². The van der Waals surface area contributed by atoms with Crippen molar-refractivity contribution in [3.05, 3.63) is 35.4 Å². The highest BCUT2D eigenvalue weighted by Crippen LogP contribution is 2.24. The number of carbonyl (C=O) groups excluding carboxylic acids is 1. The molecule has 2 aliphatic rings. The predicted molar refractivity (Wildman–Crippen MR) is 82.2 cm³/mol. The molecular formula is C17H22N2O3. The van der Waals surface area contributed by atoms with Crippen LogP contribution in [-0.2, 0) is 22.7 Å². The number of carboxylic acids is 1. The Labute approximate surface area is 130 Å². The van der Waals surface area contributed by atoms with E-state index in [0.29, 0.717) is 13.1 Å². The molecule has 0 aliphatic carbocycles. The number of aliphatic carboxylic acids is 1. The average Bonchev–Trinajstić information content (AvgIpc) is 2.89. The summed E-state index contributed by atoms with van der Waals surface area (Å²) in [5.74, 6) is -0.753. The Balaban J connectivity index is 1.60. The van der Waals surface area contributed by atoms with Gasteiger partial charge < -0.3 is 10.0 Å². The zero-order valence-electron chi connectivity index (χ0n) is 12.7. The van der Waals surface area contributed by atoms with E-state index in [1.807, 2.05) is 12.1 Å². The molecule has 1 atom stereocenters. The Hall–Kier alpha value is -1.88. The number of carbonyl (C=O) groups is 2.